The van der Waals surface area contributed by atoms with Crippen molar-refractivity contribution in [2.75, 3.05) is 13.1 Å². The average Bonchev–Trinajstić information content (AvgIpc) is 2.68. The molecule has 0 aromatic rings. The minimum atomic E-state index is -1.36. The predicted octanol–water partition coefficient (Wildman–Crippen LogP) is -1.36. The molecule has 0 bridgehead atoms. The summed E-state index contributed by atoms with van der Waals surface area (Å²) in [7, 11) is 0. The summed E-state index contributed by atoms with van der Waals surface area (Å²) >= 11 is 0. The summed E-state index contributed by atoms with van der Waals surface area (Å²) in [6.45, 7) is 1.22. The summed E-state index contributed by atoms with van der Waals surface area (Å²) in [6.07, 6.45) is 0.0342. The van der Waals surface area contributed by atoms with Crippen LogP contribution in [-0.2, 0) is 14.4 Å². The van der Waals surface area contributed by atoms with Crippen molar-refractivity contribution in [3.63, 3.8) is 0 Å². The lowest BCUT2D eigenvalue weighted by Gasteiger charge is -2.15. The van der Waals surface area contributed by atoms with Crippen molar-refractivity contribution in [2.24, 2.45) is 5.92 Å². The maximum atomic E-state index is 11.5. The van der Waals surface area contributed by atoms with E-state index in [-0.39, 0.29) is 5.92 Å². The third kappa shape index (κ3) is 3.50. The monoisotopic (exact) mass is 230 g/mol. The minimum absolute atomic E-state index is 0.268. The van der Waals surface area contributed by atoms with Gasteiger partial charge in [0.2, 0.25) is 5.91 Å². The van der Waals surface area contributed by atoms with Gasteiger partial charge in [0.1, 0.15) is 6.04 Å². The van der Waals surface area contributed by atoms with Crippen molar-refractivity contribution in [1.29, 1.82) is 0 Å². The van der Waals surface area contributed by atoms with Crippen molar-refractivity contribution >= 4 is 17.8 Å². The molecule has 1 heterocycles. The molecule has 7 heteroatoms. The number of hydrogen-bond acceptors (Lipinski definition) is 4. The van der Waals surface area contributed by atoms with Gasteiger partial charge < -0.3 is 20.8 Å². The Morgan fingerprint density at radius 2 is 2.06 bits per heavy atom. The van der Waals surface area contributed by atoms with E-state index in [4.69, 9.17) is 10.2 Å². The highest BCUT2D eigenvalue weighted by Gasteiger charge is 2.28. The summed E-state index contributed by atoms with van der Waals surface area (Å²) in [5, 5.41) is 22.4. The molecule has 0 aliphatic carbocycles. The zero-order valence-corrected chi connectivity index (χ0v) is 8.60. The van der Waals surface area contributed by atoms with Gasteiger partial charge in [0.15, 0.2) is 0 Å². The number of carboxylic acid groups (broad SMARTS) is 2. The number of hydrogen-bond donors (Lipinski definition) is 4. The molecule has 1 amide bonds. The Morgan fingerprint density at radius 1 is 1.38 bits per heavy atom. The van der Waals surface area contributed by atoms with Crippen LogP contribution in [0.4, 0.5) is 0 Å². The van der Waals surface area contributed by atoms with Crippen molar-refractivity contribution in [3.8, 4) is 0 Å². The van der Waals surface area contributed by atoms with Crippen LogP contribution in [0, 0.1) is 5.92 Å². The van der Waals surface area contributed by atoms with Gasteiger partial charge in [-0.25, -0.2) is 4.79 Å². The molecule has 2 atom stereocenters. The van der Waals surface area contributed by atoms with Crippen LogP contribution in [0.15, 0.2) is 0 Å². The lowest BCUT2D eigenvalue weighted by atomic mass is 10.1. The normalized spacial score (nSPS) is 21.4. The molecule has 16 heavy (non-hydrogen) atoms. The predicted molar refractivity (Wildman–Crippen MR) is 52.8 cm³/mol. The quantitative estimate of drug-likeness (QED) is 0.463. The van der Waals surface area contributed by atoms with Crippen LogP contribution in [0.2, 0.25) is 0 Å². The first-order chi connectivity index (χ1) is 7.50. The second-order valence-electron chi connectivity index (χ2n) is 3.69. The first-order valence-corrected chi connectivity index (χ1v) is 4.96. The number of carbonyl (C=O) groups is 3. The Labute approximate surface area is 91.8 Å². The molecule has 0 spiro atoms. The molecule has 1 rings (SSSR count). The van der Waals surface area contributed by atoms with E-state index in [9.17, 15) is 14.4 Å². The van der Waals surface area contributed by atoms with Crippen LogP contribution < -0.4 is 10.6 Å². The van der Waals surface area contributed by atoms with Crippen LogP contribution in [0.25, 0.3) is 0 Å². The molecule has 1 aliphatic rings. The molecule has 1 aliphatic heterocycles. The van der Waals surface area contributed by atoms with Gasteiger partial charge in [-0.05, 0) is 13.0 Å². The first kappa shape index (κ1) is 12.4. The second-order valence-corrected chi connectivity index (χ2v) is 3.69. The number of carboxylic acids is 2. The van der Waals surface area contributed by atoms with E-state index in [0.717, 1.165) is 6.54 Å². The molecule has 0 saturated carbocycles. The van der Waals surface area contributed by atoms with E-state index >= 15 is 0 Å². The van der Waals surface area contributed by atoms with Gasteiger partial charge in [-0.2, -0.15) is 0 Å². The lowest BCUT2D eigenvalue weighted by molar-refractivity contribution is -0.147. The third-order valence-corrected chi connectivity index (χ3v) is 2.42. The fraction of sp³-hybridized carbons (Fsp3) is 0.667. The zero-order chi connectivity index (χ0) is 12.1. The fourth-order valence-electron chi connectivity index (χ4n) is 1.54. The molecule has 90 valence electrons. The third-order valence-electron chi connectivity index (χ3n) is 2.42. The van der Waals surface area contributed by atoms with E-state index < -0.39 is 30.3 Å². The van der Waals surface area contributed by atoms with Crippen LogP contribution in [0.1, 0.15) is 12.8 Å². The largest absolute Gasteiger partial charge is 0.481 e. The lowest BCUT2D eigenvalue weighted by Crippen LogP contribution is -2.45. The molecule has 1 saturated heterocycles. The fourth-order valence-corrected chi connectivity index (χ4v) is 1.54. The van der Waals surface area contributed by atoms with Crippen molar-refractivity contribution in [2.45, 2.75) is 18.9 Å². The Morgan fingerprint density at radius 3 is 2.50 bits per heavy atom. The highest BCUT2D eigenvalue weighted by Crippen LogP contribution is 2.08. The Kier molecular flexibility index (Phi) is 4.24. The molecule has 4 N–H and O–H groups in total. The van der Waals surface area contributed by atoms with Crippen LogP contribution >= 0.6 is 0 Å². The van der Waals surface area contributed by atoms with Gasteiger partial charge in [-0.15, -0.1) is 0 Å². The van der Waals surface area contributed by atoms with E-state index in [1.165, 1.54) is 0 Å². The average molecular weight is 230 g/mol. The molecular weight excluding hydrogens is 216 g/mol. The second kappa shape index (κ2) is 5.45. The highest BCUT2D eigenvalue weighted by molar-refractivity contribution is 5.87. The highest BCUT2D eigenvalue weighted by atomic mass is 16.4. The molecule has 0 aromatic carbocycles. The standard InChI is InChI=1S/C9H14N2O5/c12-7(13)3-6(9(15)16)11-8(14)5-1-2-10-4-5/h5-6,10H,1-4H2,(H,11,14)(H,12,13)(H,15,16). The topological polar surface area (TPSA) is 116 Å². The van der Waals surface area contributed by atoms with E-state index in [0.29, 0.717) is 13.0 Å². The smallest absolute Gasteiger partial charge is 0.326 e. The van der Waals surface area contributed by atoms with Crippen molar-refractivity contribution in [1.82, 2.24) is 10.6 Å². The van der Waals surface area contributed by atoms with Crippen LogP contribution in [-0.4, -0.2) is 47.2 Å². The Hall–Kier alpha value is -1.63. The van der Waals surface area contributed by atoms with Crippen molar-refractivity contribution in [3.05, 3.63) is 0 Å². The maximum Gasteiger partial charge on any atom is 0.326 e. The summed E-state index contributed by atoms with van der Waals surface area (Å²) in [4.78, 5) is 32.6. The Bertz CT molecular complexity index is 298. The summed E-state index contributed by atoms with van der Waals surface area (Å²) in [5.41, 5.74) is 0. The molecular formula is C9H14N2O5. The van der Waals surface area contributed by atoms with Crippen LogP contribution in [0.3, 0.4) is 0 Å². The van der Waals surface area contributed by atoms with Gasteiger partial charge in [0.25, 0.3) is 0 Å². The molecule has 0 aromatic heterocycles. The Balaban J connectivity index is 2.50. The number of carbonyl (C=O) groups excluding carboxylic acids is 1. The molecule has 0 radical (unpaired) electrons. The number of aliphatic carboxylic acids is 2. The van der Waals surface area contributed by atoms with E-state index in [1.807, 2.05) is 0 Å². The molecule has 7 nitrogen and oxygen atoms in total. The summed E-state index contributed by atoms with van der Waals surface area (Å²) in [5.74, 6) is -3.26. The number of nitrogens with one attached hydrogen (secondary N) is 2. The van der Waals surface area contributed by atoms with Gasteiger partial charge in [0.05, 0.1) is 12.3 Å². The SMILES string of the molecule is O=C(O)CC(NC(=O)C1CCNC1)C(=O)O. The minimum Gasteiger partial charge on any atom is -0.481 e. The zero-order valence-electron chi connectivity index (χ0n) is 8.60. The van der Waals surface area contributed by atoms with E-state index in [1.54, 1.807) is 0 Å². The first-order valence-electron chi connectivity index (χ1n) is 4.96. The summed E-state index contributed by atoms with van der Waals surface area (Å²) in [6, 6.07) is -1.36. The number of rotatable bonds is 5. The van der Waals surface area contributed by atoms with Gasteiger partial charge in [-0.3, -0.25) is 9.59 Å². The van der Waals surface area contributed by atoms with Gasteiger partial charge >= 0.3 is 11.9 Å². The number of amides is 1. The molecule has 2 unspecified atom stereocenters. The summed E-state index contributed by atoms with van der Waals surface area (Å²) < 4.78 is 0. The van der Waals surface area contributed by atoms with E-state index in [2.05, 4.69) is 10.6 Å². The molecule has 1 fully saturated rings. The van der Waals surface area contributed by atoms with Gasteiger partial charge in [-0.1, -0.05) is 0 Å². The van der Waals surface area contributed by atoms with Gasteiger partial charge in [0, 0.05) is 6.54 Å². The van der Waals surface area contributed by atoms with Crippen molar-refractivity contribution < 1.29 is 24.6 Å². The maximum absolute atomic E-state index is 11.5. The van der Waals surface area contributed by atoms with Crippen LogP contribution in [0.5, 0.6) is 0 Å².